The molecule has 9 heteroatoms. The molecule has 0 aliphatic carbocycles. The van der Waals surface area contributed by atoms with Crippen molar-refractivity contribution < 1.29 is 23.9 Å². The van der Waals surface area contributed by atoms with Gasteiger partial charge in [-0.3, -0.25) is 4.79 Å². The maximum Gasteiger partial charge on any atom is 0.384 e. The molecule has 7 nitrogen and oxygen atoms in total. The van der Waals surface area contributed by atoms with Gasteiger partial charge in [0, 0.05) is 31.9 Å². The molecule has 1 aliphatic heterocycles. The smallest absolute Gasteiger partial charge is 0.384 e. The van der Waals surface area contributed by atoms with Gasteiger partial charge < -0.3 is 24.3 Å². The zero-order valence-corrected chi connectivity index (χ0v) is 15.2. The van der Waals surface area contributed by atoms with Gasteiger partial charge in [0.25, 0.3) is 0 Å². The SMILES string of the molecule is CN1CCN(CCC(C)(C)C(=O)OCCSP(=O)(O)O)CC1. The number of hydrogen-bond donors (Lipinski definition) is 2. The fourth-order valence-corrected chi connectivity index (χ4v) is 3.43. The highest BCUT2D eigenvalue weighted by Crippen LogP contribution is 2.49. The van der Waals surface area contributed by atoms with Gasteiger partial charge in [0.05, 0.1) is 5.41 Å². The number of nitrogens with zero attached hydrogens (tertiary/aromatic N) is 2. The fraction of sp³-hybridized carbons (Fsp3) is 0.923. The van der Waals surface area contributed by atoms with E-state index in [0.29, 0.717) is 17.8 Å². The van der Waals surface area contributed by atoms with Crippen LogP contribution in [0.2, 0.25) is 0 Å². The first-order chi connectivity index (χ1) is 10.1. The zero-order valence-electron chi connectivity index (χ0n) is 13.5. The number of rotatable bonds is 8. The summed E-state index contributed by atoms with van der Waals surface area (Å²) in [7, 11) is 2.11. The van der Waals surface area contributed by atoms with Crippen molar-refractivity contribution in [1.29, 1.82) is 0 Å². The van der Waals surface area contributed by atoms with Crippen molar-refractivity contribution >= 4 is 24.1 Å². The Morgan fingerprint density at radius 3 is 2.41 bits per heavy atom. The second kappa shape index (κ2) is 8.66. The van der Waals surface area contributed by atoms with Gasteiger partial charge in [-0.2, -0.15) is 0 Å². The van der Waals surface area contributed by atoms with E-state index in [0.717, 1.165) is 32.7 Å². The van der Waals surface area contributed by atoms with E-state index < -0.39 is 12.2 Å². The molecule has 0 radical (unpaired) electrons. The summed E-state index contributed by atoms with van der Waals surface area (Å²) in [4.78, 5) is 34.1. The number of carbonyl (C=O) groups excluding carboxylic acids is 1. The lowest BCUT2D eigenvalue weighted by Crippen LogP contribution is -2.45. The Morgan fingerprint density at radius 2 is 1.86 bits per heavy atom. The first-order valence-electron chi connectivity index (χ1n) is 7.38. The Morgan fingerprint density at radius 1 is 1.27 bits per heavy atom. The molecule has 0 aromatic rings. The summed E-state index contributed by atoms with van der Waals surface area (Å²) >= 11 is 0.499. The molecule has 0 saturated carbocycles. The van der Waals surface area contributed by atoms with Gasteiger partial charge in [-0.1, -0.05) is 0 Å². The molecule has 0 aromatic carbocycles. The van der Waals surface area contributed by atoms with Crippen molar-refractivity contribution in [2.45, 2.75) is 20.3 Å². The molecule has 2 N–H and O–H groups in total. The number of esters is 1. The summed E-state index contributed by atoms with van der Waals surface area (Å²) in [6.07, 6.45) is 0.710. The van der Waals surface area contributed by atoms with Crippen molar-refractivity contribution in [3.63, 3.8) is 0 Å². The van der Waals surface area contributed by atoms with Gasteiger partial charge in [0.2, 0.25) is 0 Å². The molecule has 0 aromatic heterocycles. The van der Waals surface area contributed by atoms with E-state index in [9.17, 15) is 9.36 Å². The van der Waals surface area contributed by atoms with Crippen LogP contribution >= 0.6 is 18.2 Å². The van der Waals surface area contributed by atoms with Crippen LogP contribution < -0.4 is 0 Å². The highest BCUT2D eigenvalue weighted by molar-refractivity contribution is 8.54. The van der Waals surface area contributed by atoms with Gasteiger partial charge in [-0.05, 0) is 45.2 Å². The molecular weight excluding hydrogens is 327 g/mol. The largest absolute Gasteiger partial charge is 0.464 e. The van der Waals surface area contributed by atoms with E-state index in [2.05, 4.69) is 16.8 Å². The summed E-state index contributed by atoms with van der Waals surface area (Å²) in [5, 5.41) is 0. The average molecular weight is 354 g/mol. The van der Waals surface area contributed by atoms with Gasteiger partial charge in [-0.15, -0.1) is 0 Å². The molecule has 0 spiro atoms. The molecule has 1 rings (SSSR count). The van der Waals surface area contributed by atoms with Gasteiger partial charge in [0.1, 0.15) is 6.61 Å². The van der Waals surface area contributed by atoms with E-state index in [4.69, 9.17) is 14.5 Å². The van der Waals surface area contributed by atoms with E-state index in [-0.39, 0.29) is 18.3 Å². The number of hydrogen-bond acceptors (Lipinski definition) is 6. The topological polar surface area (TPSA) is 90.3 Å². The number of likely N-dealkylation sites (N-methyl/N-ethyl adjacent to an activating group) is 1. The van der Waals surface area contributed by atoms with Crippen LogP contribution in [0.1, 0.15) is 20.3 Å². The Kier molecular flexibility index (Phi) is 7.85. The summed E-state index contributed by atoms with van der Waals surface area (Å²) in [6.45, 7) is 4.61. The molecule has 130 valence electrons. The lowest BCUT2D eigenvalue weighted by atomic mass is 9.89. The molecule has 1 heterocycles. The molecule has 1 aliphatic rings. The highest BCUT2D eigenvalue weighted by atomic mass is 32.7. The molecule has 22 heavy (non-hydrogen) atoms. The van der Waals surface area contributed by atoms with Crippen LogP contribution in [-0.4, -0.2) is 77.7 Å². The predicted molar refractivity (Wildman–Crippen MR) is 87.8 cm³/mol. The predicted octanol–water partition coefficient (Wildman–Crippen LogP) is 1.02. The standard InChI is InChI=1S/C13H27N2O5PS/c1-13(2,4-5-15-8-6-14(3)7-9-15)12(16)20-10-11-22-21(17,18)19/h4-11H2,1-3H3,(H2,17,18,19). The van der Waals surface area contributed by atoms with Crippen LogP contribution in [0.25, 0.3) is 0 Å². The van der Waals surface area contributed by atoms with Crippen molar-refractivity contribution in [3.8, 4) is 0 Å². The van der Waals surface area contributed by atoms with Crippen molar-refractivity contribution in [2.75, 3.05) is 52.1 Å². The van der Waals surface area contributed by atoms with Crippen molar-refractivity contribution in [3.05, 3.63) is 0 Å². The van der Waals surface area contributed by atoms with E-state index in [1.165, 1.54) is 0 Å². The lowest BCUT2D eigenvalue weighted by Gasteiger charge is -2.34. The number of carbonyl (C=O) groups is 1. The Labute approximate surface area is 136 Å². The van der Waals surface area contributed by atoms with Crippen LogP contribution in [0.5, 0.6) is 0 Å². The van der Waals surface area contributed by atoms with E-state index in [1.807, 2.05) is 13.8 Å². The number of piperazine rings is 1. The van der Waals surface area contributed by atoms with Crippen LogP contribution in [-0.2, 0) is 14.1 Å². The van der Waals surface area contributed by atoms with Gasteiger partial charge in [-0.25, -0.2) is 4.57 Å². The average Bonchev–Trinajstić information content (AvgIpc) is 2.41. The second-order valence-electron chi connectivity index (χ2n) is 6.24. The van der Waals surface area contributed by atoms with Crippen molar-refractivity contribution in [1.82, 2.24) is 9.80 Å². The van der Waals surface area contributed by atoms with Crippen LogP contribution in [0.4, 0.5) is 0 Å². The lowest BCUT2D eigenvalue weighted by molar-refractivity contribution is -0.153. The molecular formula is C13H27N2O5PS. The minimum absolute atomic E-state index is 0.0204. The third kappa shape index (κ3) is 7.94. The Bertz CT molecular complexity index is 407. The minimum Gasteiger partial charge on any atom is -0.464 e. The van der Waals surface area contributed by atoms with Crippen LogP contribution in [0.15, 0.2) is 0 Å². The second-order valence-corrected chi connectivity index (χ2v) is 10.1. The maximum absolute atomic E-state index is 12.1. The summed E-state index contributed by atoms with van der Waals surface area (Å²) in [5.74, 6) is -0.210. The first kappa shape index (κ1) is 19.9. The number of ether oxygens (including phenoxy) is 1. The molecule has 0 bridgehead atoms. The summed E-state index contributed by atoms with van der Waals surface area (Å²) in [6, 6.07) is 0. The Balaban J connectivity index is 2.26. The minimum atomic E-state index is -4.09. The molecule has 1 saturated heterocycles. The monoisotopic (exact) mass is 354 g/mol. The summed E-state index contributed by atoms with van der Waals surface area (Å²) < 4.78 is 15.8. The normalized spacial score (nSPS) is 18.4. The molecule has 1 fully saturated rings. The van der Waals surface area contributed by atoms with Gasteiger partial charge >= 0.3 is 12.8 Å². The molecule has 0 unspecified atom stereocenters. The quantitative estimate of drug-likeness (QED) is 0.379. The van der Waals surface area contributed by atoms with Crippen molar-refractivity contribution in [2.24, 2.45) is 5.41 Å². The van der Waals surface area contributed by atoms with E-state index >= 15 is 0 Å². The van der Waals surface area contributed by atoms with E-state index in [1.54, 1.807) is 0 Å². The van der Waals surface area contributed by atoms with Crippen LogP contribution in [0, 0.1) is 5.41 Å². The summed E-state index contributed by atoms with van der Waals surface area (Å²) in [5.41, 5.74) is -0.587. The maximum atomic E-state index is 12.1. The highest BCUT2D eigenvalue weighted by Gasteiger charge is 2.30. The third-order valence-corrected chi connectivity index (χ3v) is 6.02. The third-order valence-electron chi connectivity index (χ3n) is 3.78. The fourth-order valence-electron chi connectivity index (χ4n) is 2.10. The Hall–Kier alpha value is -0.110. The molecule has 0 amide bonds. The first-order valence-corrected chi connectivity index (χ1v) is 10.6. The zero-order chi connectivity index (χ0) is 16.8. The molecule has 0 atom stereocenters. The van der Waals surface area contributed by atoms with Crippen LogP contribution in [0.3, 0.4) is 0 Å². The van der Waals surface area contributed by atoms with Gasteiger partial charge in [0.15, 0.2) is 0 Å².